The van der Waals surface area contributed by atoms with Crippen molar-refractivity contribution in [1.82, 2.24) is 19.7 Å². The third kappa shape index (κ3) is 3.48. The van der Waals surface area contributed by atoms with Crippen LogP contribution >= 0.6 is 0 Å². The molecule has 6 heteroatoms. The summed E-state index contributed by atoms with van der Waals surface area (Å²) in [6.07, 6.45) is 3.28. The smallest absolute Gasteiger partial charge is 0.239 e. The number of carbonyl (C=O) groups is 1. The van der Waals surface area contributed by atoms with E-state index in [-0.39, 0.29) is 18.0 Å². The maximum Gasteiger partial charge on any atom is 0.239 e. The van der Waals surface area contributed by atoms with Gasteiger partial charge in [-0.15, -0.1) is 0 Å². The summed E-state index contributed by atoms with van der Waals surface area (Å²) in [6, 6.07) is 9.66. The highest BCUT2D eigenvalue weighted by Gasteiger charge is 2.33. The van der Waals surface area contributed by atoms with Crippen LogP contribution in [0.4, 0.5) is 0 Å². The zero-order valence-corrected chi connectivity index (χ0v) is 14.4. The molecule has 2 heterocycles. The summed E-state index contributed by atoms with van der Waals surface area (Å²) in [4.78, 5) is 18.8. The monoisotopic (exact) mass is 327 g/mol. The fourth-order valence-corrected chi connectivity index (χ4v) is 3.65. The second kappa shape index (κ2) is 7.13. The van der Waals surface area contributed by atoms with Crippen molar-refractivity contribution in [3.05, 3.63) is 47.5 Å². The molecule has 2 N–H and O–H groups in total. The molecule has 3 rings (SSSR count). The number of aromatic nitrogens is 3. The zero-order chi connectivity index (χ0) is 17.1. The van der Waals surface area contributed by atoms with E-state index in [1.807, 2.05) is 48.9 Å². The minimum atomic E-state index is -0.388. The SMILES string of the molecule is Cc1nc(C)n(C[C@@H]2CCCCN2[C@@H](C(N)=O)c2ccccc2)n1. The lowest BCUT2D eigenvalue weighted by molar-refractivity contribution is -0.125. The standard InChI is InChI=1S/C18H25N5O/c1-13-20-14(2)23(21-13)12-16-10-6-7-11-22(16)17(18(19)24)15-8-4-3-5-9-15/h3-5,8-9,16-17H,6-7,10-12H2,1-2H3,(H2,19,24)/t16-,17+/m0/s1. The van der Waals surface area contributed by atoms with E-state index < -0.39 is 0 Å². The van der Waals surface area contributed by atoms with Gasteiger partial charge >= 0.3 is 0 Å². The van der Waals surface area contributed by atoms with E-state index in [4.69, 9.17) is 5.73 Å². The maximum atomic E-state index is 12.2. The first kappa shape index (κ1) is 16.6. The van der Waals surface area contributed by atoms with Gasteiger partial charge in [-0.05, 0) is 38.8 Å². The Morgan fingerprint density at radius 1 is 1.29 bits per heavy atom. The largest absolute Gasteiger partial charge is 0.368 e. The minimum absolute atomic E-state index is 0.233. The first-order valence-corrected chi connectivity index (χ1v) is 8.54. The second-order valence-corrected chi connectivity index (χ2v) is 6.49. The van der Waals surface area contributed by atoms with Crippen LogP contribution in [-0.2, 0) is 11.3 Å². The second-order valence-electron chi connectivity index (χ2n) is 6.49. The van der Waals surface area contributed by atoms with Crippen molar-refractivity contribution in [3.8, 4) is 0 Å². The molecule has 128 valence electrons. The predicted molar refractivity (Wildman–Crippen MR) is 92.2 cm³/mol. The summed E-state index contributed by atoms with van der Waals surface area (Å²) in [6.45, 7) is 5.48. The highest BCUT2D eigenvalue weighted by molar-refractivity contribution is 5.81. The van der Waals surface area contributed by atoms with Gasteiger partial charge in [0.25, 0.3) is 0 Å². The summed E-state index contributed by atoms with van der Waals surface area (Å²) < 4.78 is 1.95. The van der Waals surface area contributed by atoms with Gasteiger partial charge in [-0.2, -0.15) is 5.10 Å². The van der Waals surface area contributed by atoms with Crippen LogP contribution in [0, 0.1) is 13.8 Å². The molecule has 1 amide bonds. The summed E-state index contributed by atoms with van der Waals surface area (Å²) in [5.41, 5.74) is 6.74. The van der Waals surface area contributed by atoms with Crippen LogP contribution < -0.4 is 5.73 Å². The zero-order valence-electron chi connectivity index (χ0n) is 14.4. The van der Waals surface area contributed by atoms with Crippen LogP contribution in [0.2, 0.25) is 0 Å². The van der Waals surface area contributed by atoms with Gasteiger partial charge in [0, 0.05) is 6.04 Å². The third-order valence-electron chi connectivity index (χ3n) is 4.74. The summed E-state index contributed by atoms with van der Waals surface area (Å²) >= 11 is 0. The molecule has 1 aromatic heterocycles. The molecular weight excluding hydrogens is 302 g/mol. The summed E-state index contributed by atoms with van der Waals surface area (Å²) in [5.74, 6) is 1.40. The molecule has 6 nitrogen and oxygen atoms in total. The molecule has 1 aromatic carbocycles. The van der Waals surface area contributed by atoms with Crippen molar-refractivity contribution in [2.75, 3.05) is 6.54 Å². The highest BCUT2D eigenvalue weighted by atomic mass is 16.1. The number of piperidine rings is 1. The van der Waals surface area contributed by atoms with Crippen molar-refractivity contribution >= 4 is 5.91 Å². The first-order chi connectivity index (χ1) is 11.6. The summed E-state index contributed by atoms with van der Waals surface area (Å²) in [5, 5.41) is 4.48. The van der Waals surface area contributed by atoms with E-state index >= 15 is 0 Å². The third-order valence-corrected chi connectivity index (χ3v) is 4.74. The van der Waals surface area contributed by atoms with E-state index in [9.17, 15) is 4.79 Å². The fraction of sp³-hybridized carbons (Fsp3) is 0.500. The number of nitrogens with zero attached hydrogens (tertiary/aromatic N) is 4. The van der Waals surface area contributed by atoms with Crippen LogP contribution in [-0.4, -0.2) is 38.2 Å². The van der Waals surface area contributed by atoms with Gasteiger partial charge in [0.05, 0.1) is 6.54 Å². The van der Waals surface area contributed by atoms with Crippen molar-refractivity contribution in [2.24, 2.45) is 5.73 Å². The van der Waals surface area contributed by atoms with E-state index in [0.717, 1.165) is 49.6 Å². The van der Waals surface area contributed by atoms with Gasteiger partial charge in [-0.3, -0.25) is 9.69 Å². The summed E-state index contributed by atoms with van der Waals surface area (Å²) in [7, 11) is 0. The molecule has 0 spiro atoms. The molecule has 1 fully saturated rings. The number of amides is 1. The predicted octanol–water partition coefficient (Wildman–Crippen LogP) is 1.98. The highest BCUT2D eigenvalue weighted by Crippen LogP contribution is 2.29. The lowest BCUT2D eigenvalue weighted by Crippen LogP contribution is -2.48. The number of hydrogen-bond acceptors (Lipinski definition) is 4. The van der Waals surface area contributed by atoms with Crippen molar-refractivity contribution in [1.29, 1.82) is 0 Å². The molecule has 0 radical (unpaired) electrons. The number of rotatable bonds is 5. The van der Waals surface area contributed by atoms with Crippen LogP contribution in [0.1, 0.15) is 42.5 Å². The molecule has 0 saturated carbocycles. The lowest BCUT2D eigenvalue weighted by Gasteiger charge is -2.40. The number of nitrogens with two attached hydrogens (primary N) is 1. The molecule has 0 aliphatic carbocycles. The van der Waals surface area contributed by atoms with Crippen molar-refractivity contribution in [2.45, 2.75) is 51.7 Å². The van der Waals surface area contributed by atoms with Gasteiger partial charge in [0.2, 0.25) is 5.91 Å². The number of aryl methyl sites for hydroxylation is 2. The Morgan fingerprint density at radius 3 is 2.67 bits per heavy atom. The van der Waals surface area contributed by atoms with Crippen LogP contribution in [0.3, 0.4) is 0 Å². The Balaban J connectivity index is 1.87. The number of likely N-dealkylation sites (tertiary alicyclic amines) is 1. The van der Waals surface area contributed by atoms with E-state index in [2.05, 4.69) is 15.0 Å². The maximum absolute atomic E-state index is 12.2. The Hall–Kier alpha value is -2.21. The van der Waals surface area contributed by atoms with Crippen LogP contribution in [0.25, 0.3) is 0 Å². The number of benzene rings is 1. The molecule has 0 bridgehead atoms. The Kier molecular flexibility index (Phi) is 4.94. The first-order valence-electron chi connectivity index (χ1n) is 8.54. The molecule has 2 atom stereocenters. The van der Waals surface area contributed by atoms with Gasteiger partial charge in [-0.25, -0.2) is 9.67 Å². The lowest BCUT2D eigenvalue weighted by atomic mass is 9.95. The molecule has 1 saturated heterocycles. The Morgan fingerprint density at radius 2 is 2.04 bits per heavy atom. The molecular formula is C18H25N5O. The van der Waals surface area contributed by atoms with Gasteiger partial charge < -0.3 is 5.73 Å². The number of hydrogen-bond donors (Lipinski definition) is 1. The molecule has 2 aromatic rings. The normalized spacial score (nSPS) is 20.0. The number of carbonyl (C=O) groups excluding carboxylic acids is 1. The fourth-order valence-electron chi connectivity index (χ4n) is 3.65. The Labute approximate surface area is 142 Å². The van der Waals surface area contributed by atoms with Crippen molar-refractivity contribution < 1.29 is 4.79 Å². The minimum Gasteiger partial charge on any atom is -0.368 e. The molecule has 24 heavy (non-hydrogen) atoms. The quantitative estimate of drug-likeness (QED) is 0.911. The number of primary amides is 1. The van der Waals surface area contributed by atoms with E-state index in [0.29, 0.717) is 0 Å². The van der Waals surface area contributed by atoms with Crippen LogP contribution in [0.15, 0.2) is 30.3 Å². The van der Waals surface area contributed by atoms with E-state index in [1.165, 1.54) is 0 Å². The molecule has 1 aliphatic heterocycles. The van der Waals surface area contributed by atoms with Crippen LogP contribution in [0.5, 0.6) is 0 Å². The van der Waals surface area contributed by atoms with Crippen molar-refractivity contribution in [3.63, 3.8) is 0 Å². The average Bonchev–Trinajstić information content (AvgIpc) is 2.87. The van der Waals surface area contributed by atoms with Gasteiger partial charge in [0.1, 0.15) is 17.7 Å². The van der Waals surface area contributed by atoms with Gasteiger partial charge in [0.15, 0.2) is 0 Å². The molecule has 0 unspecified atom stereocenters. The average molecular weight is 327 g/mol. The molecule has 1 aliphatic rings. The topological polar surface area (TPSA) is 77.0 Å². The Bertz CT molecular complexity index is 697. The van der Waals surface area contributed by atoms with E-state index in [1.54, 1.807) is 0 Å². The van der Waals surface area contributed by atoms with Gasteiger partial charge in [-0.1, -0.05) is 36.8 Å².